The number of thioether (sulfide) groups is 1. The smallest absolute Gasteiger partial charge is 0.230 e. The summed E-state index contributed by atoms with van der Waals surface area (Å²) in [6.45, 7) is 4.54. The van der Waals surface area contributed by atoms with Gasteiger partial charge in [-0.05, 0) is 61.7 Å². The third kappa shape index (κ3) is 5.71. The largest absolute Gasteiger partial charge is 0.497 e. The van der Waals surface area contributed by atoms with Crippen molar-refractivity contribution in [2.24, 2.45) is 0 Å². The average molecular weight is 483 g/mol. The van der Waals surface area contributed by atoms with Crippen LogP contribution in [0.5, 0.6) is 11.5 Å². The van der Waals surface area contributed by atoms with Crippen LogP contribution in [0.4, 0.5) is 0 Å². The van der Waals surface area contributed by atoms with E-state index in [9.17, 15) is 4.79 Å². The Morgan fingerprint density at radius 1 is 1.12 bits per heavy atom. The molecule has 0 radical (unpaired) electrons. The number of benzene rings is 2. The molecule has 4 rings (SSSR count). The maximum absolute atomic E-state index is 12.8. The van der Waals surface area contributed by atoms with E-state index in [0.29, 0.717) is 31.5 Å². The average Bonchev–Trinajstić information content (AvgIpc) is 3.36. The van der Waals surface area contributed by atoms with Crippen LogP contribution >= 0.6 is 11.8 Å². The molecule has 180 valence electrons. The van der Waals surface area contributed by atoms with Crippen molar-refractivity contribution in [3.63, 3.8) is 0 Å². The molecule has 9 heteroatoms. The highest BCUT2D eigenvalue weighted by molar-refractivity contribution is 7.99. The molecule has 0 atom stereocenters. The van der Waals surface area contributed by atoms with Gasteiger partial charge in [0, 0.05) is 30.9 Å². The monoisotopic (exact) mass is 482 g/mol. The number of rotatable bonds is 10. The Bertz CT molecular complexity index is 1060. The van der Waals surface area contributed by atoms with Crippen molar-refractivity contribution in [2.45, 2.75) is 30.3 Å². The molecule has 2 heterocycles. The van der Waals surface area contributed by atoms with Gasteiger partial charge in [0.2, 0.25) is 5.91 Å². The van der Waals surface area contributed by atoms with Crippen molar-refractivity contribution in [1.29, 1.82) is 0 Å². The second-order valence-electron chi connectivity index (χ2n) is 8.10. The number of amides is 1. The summed E-state index contributed by atoms with van der Waals surface area (Å²) >= 11 is 1.36. The van der Waals surface area contributed by atoms with Gasteiger partial charge in [0.15, 0.2) is 5.16 Å². The molecule has 0 bridgehead atoms. The van der Waals surface area contributed by atoms with E-state index in [0.717, 1.165) is 30.0 Å². The van der Waals surface area contributed by atoms with E-state index >= 15 is 0 Å². The summed E-state index contributed by atoms with van der Waals surface area (Å²) in [4.78, 5) is 12.8. The van der Waals surface area contributed by atoms with E-state index in [1.54, 1.807) is 13.4 Å². The van der Waals surface area contributed by atoms with Crippen LogP contribution in [-0.2, 0) is 14.9 Å². The van der Waals surface area contributed by atoms with Crippen LogP contribution in [0.2, 0.25) is 0 Å². The van der Waals surface area contributed by atoms with Crippen molar-refractivity contribution in [1.82, 2.24) is 20.1 Å². The second-order valence-corrected chi connectivity index (χ2v) is 9.04. The standard InChI is InChI=1S/C25H30N4O4S/c1-3-33-22-8-4-19(5-9-22)25(12-14-32-15-13-25)17-26-23(30)16-34-24-28-27-18-29(24)20-6-10-21(31-2)11-7-20/h4-11,18H,3,12-17H2,1-2H3,(H,26,30). The fourth-order valence-corrected chi connectivity index (χ4v) is 4.85. The van der Waals surface area contributed by atoms with Gasteiger partial charge in [-0.3, -0.25) is 9.36 Å². The molecule has 1 aliphatic rings. The SMILES string of the molecule is CCOc1ccc(C2(CNC(=O)CSc3nncn3-c3ccc(OC)cc3)CCOCC2)cc1. The van der Waals surface area contributed by atoms with E-state index < -0.39 is 0 Å². The van der Waals surface area contributed by atoms with Gasteiger partial charge in [0.05, 0.1) is 19.5 Å². The summed E-state index contributed by atoms with van der Waals surface area (Å²) in [6.07, 6.45) is 3.37. The molecule has 1 amide bonds. The van der Waals surface area contributed by atoms with Gasteiger partial charge in [-0.1, -0.05) is 23.9 Å². The summed E-state index contributed by atoms with van der Waals surface area (Å²) in [5.41, 5.74) is 1.96. The van der Waals surface area contributed by atoms with Crippen LogP contribution in [-0.4, -0.2) is 59.9 Å². The molecule has 0 spiro atoms. The van der Waals surface area contributed by atoms with Gasteiger partial charge in [0.25, 0.3) is 0 Å². The lowest BCUT2D eigenvalue weighted by atomic mass is 9.74. The van der Waals surface area contributed by atoms with Gasteiger partial charge < -0.3 is 19.5 Å². The zero-order valence-electron chi connectivity index (χ0n) is 19.5. The first kappa shape index (κ1) is 24.1. The molecule has 2 aromatic carbocycles. The molecule has 34 heavy (non-hydrogen) atoms. The Morgan fingerprint density at radius 2 is 1.82 bits per heavy atom. The first-order valence-corrected chi connectivity index (χ1v) is 12.4. The molecule has 1 fully saturated rings. The Kier molecular flexibility index (Phi) is 8.08. The van der Waals surface area contributed by atoms with Crippen molar-refractivity contribution in [2.75, 3.05) is 39.2 Å². The Morgan fingerprint density at radius 3 is 2.50 bits per heavy atom. The normalized spacial score (nSPS) is 15.0. The minimum atomic E-state index is -0.146. The Hall–Kier alpha value is -3.04. The molecule has 1 aromatic heterocycles. The number of methoxy groups -OCH3 is 1. The maximum Gasteiger partial charge on any atom is 0.230 e. The van der Waals surface area contributed by atoms with Gasteiger partial charge >= 0.3 is 0 Å². The lowest BCUT2D eigenvalue weighted by Crippen LogP contribution is -2.45. The molecular formula is C25H30N4O4S. The predicted octanol–water partition coefficient (Wildman–Crippen LogP) is 3.63. The number of carbonyl (C=O) groups is 1. The van der Waals surface area contributed by atoms with Gasteiger partial charge in [-0.15, -0.1) is 10.2 Å². The van der Waals surface area contributed by atoms with Gasteiger partial charge in [-0.2, -0.15) is 0 Å². The molecule has 8 nitrogen and oxygen atoms in total. The maximum atomic E-state index is 12.8. The minimum Gasteiger partial charge on any atom is -0.497 e. The molecular weight excluding hydrogens is 452 g/mol. The highest BCUT2D eigenvalue weighted by atomic mass is 32.2. The number of carbonyl (C=O) groups excluding carboxylic acids is 1. The molecule has 0 unspecified atom stereocenters. The second kappa shape index (κ2) is 11.4. The summed E-state index contributed by atoms with van der Waals surface area (Å²) in [7, 11) is 1.63. The van der Waals surface area contributed by atoms with Crippen molar-refractivity contribution in [3.05, 3.63) is 60.4 Å². The van der Waals surface area contributed by atoms with Crippen LogP contribution in [0.3, 0.4) is 0 Å². The summed E-state index contributed by atoms with van der Waals surface area (Å²) in [5.74, 6) is 1.85. The van der Waals surface area contributed by atoms with Crippen LogP contribution in [0, 0.1) is 0 Å². The molecule has 3 aromatic rings. The van der Waals surface area contributed by atoms with Crippen molar-refractivity contribution < 1.29 is 19.0 Å². The molecule has 1 aliphatic heterocycles. The molecule has 1 saturated heterocycles. The quantitative estimate of drug-likeness (QED) is 0.442. The highest BCUT2D eigenvalue weighted by Gasteiger charge is 2.35. The third-order valence-corrected chi connectivity index (χ3v) is 6.99. The number of nitrogens with one attached hydrogen (secondary N) is 1. The summed E-state index contributed by atoms with van der Waals surface area (Å²) < 4.78 is 18.3. The van der Waals surface area contributed by atoms with E-state index in [1.807, 2.05) is 47.9 Å². The van der Waals surface area contributed by atoms with E-state index in [1.165, 1.54) is 17.3 Å². The summed E-state index contributed by atoms with van der Waals surface area (Å²) in [6, 6.07) is 15.8. The predicted molar refractivity (Wildman–Crippen MR) is 131 cm³/mol. The van der Waals surface area contributed by atoms with Gasteiger partial charge in [-0.25, -0.2) is 0 Å². The number of hydrogen-bond donors (Lipinski definition) is 1. The number of ether oxygens (including phenoxy) is 3. The van der Waals surface area contributed by atoms with Crippen LogP contribution in [0.15, 0.2) is 60.0 Å². The van der Waals surface area contributed by atoms with Crippen molar-refractivity contribution >= 4 is 17.7 Å². The minimum absolute atomic E-state index is 0.0360. The molecule has 1 N–H and O–H groups in total. The van der Waals surface area contributed by atoms with Crippen LogP contribution in [0.1, 0.15) is 25.3 Å². The molecule has 0 aliphatic carbocycles. The highest BCUT2D eigenvalue weighted by Crippen LogP contribution is 2.35. The number of aromatic nitrogens is 3. The first-order valence-electron chi connectivity index (χ1n) is 11.4. The lowest BCUT2D eigenvalue weighted by molar-refractivity contribution is -0.119. The fraction of sp³-hybridized carbons (Fsp3) is 0.400. The lowest BCUT2D eigenvalue weighted by Gasteiger charge is -2.38. The van der Waals surface area contributed by atoms with E-state index in [4.69, 9.17) is 14.2 Å². The van der Waals surface area contributed by atoms with Gasteiger partial charge in [0.1, 0.15) is 17.8 Å². The van der Waals surface area contributed by atoms with Crippen molar-refractivity contribution in [3.8, 4) is 17.2 Å². The fourth-order valence-electron chi connectivity index (χ4n) is 4.09. The first-order chi connectivity index (χ1) is 16.6. The number of nitrogens with zero attached hydrogens (tertiary/aromatic N) is 3. The van der Waals surface area contributed by atoms with Crippen LogP contribution < -0.4 is 14.8 Å². The Labute approximate surface area is 204 Å². The third-order valence-electron chi connectivity index (χ3n) is 6.05. The van der Waals surface area contributed by atoms with Crippen LogP contribution in [0.25, 0.3) is 5.69 Å². The summed E-state index contributed by atoms with van der Waals surface area (Å²) in [5, 5.41) is 12.0. The zero-order valence-corrected chi connectivity index (χ0v) is 20.3. The number of hydrogen-bond acceptors (Lipinski definition) is 7. The van der Waals surface area contributed by atoms with E-state index in [-0.39, 0.29) is 17.1 Å². The topological polar surface area (TPSA) is 87.5 Å². The Balaban J connectivity index is 1.37. The zero-order chi connectivity index (χ0) is 23.8. The van der Waals surface area contributed by atoms with E-state index in [2.05, 4.69) is 27.6 Å². The molecule has 0 saturated carbocycles.